The number of nitrogens with zero attached hydrogens (tertiary/aromatic N) is 1. The van der Waals surface area contributed by atoms with Crippen LogP contribution in [-0.2, 0) is 4.74 Å². The quantitative estimate of drug-likeness (QED) is 0.372. The van der Waals surface area contributed by atoms with Crippen molar-refractivity contribution in [3.05, 3.63) is 97.5 Å². The maximum atomic E-state index is 13.3. The second-order valence-electron chi connectivity index (χ2n) is 5.99. The lowest BCUT2D eigenvalue weighted by molar-refractivity contribution is -0.384. The van der Waals surface area contributed by atoms with Crippen molar-refractivity contribution in [3.8, 4) is 0 Å². The minimum Gasteiger partial charge on any atom is -0.465 e. The number of non-ortho nitro benzene ring substituents is 1. The molecule has 0 aliphatic heterocycles. The van der Waals surface area contributed by atoms with Gasteiger partial charge in [-0.15, -0.1) is 11.3 Å². The summed E-state index contributed by atoms with van der Waals surface area (Å²) in [6, 6.07) is 12.0. The smallest absolute Gasteiger partial charge is 0.338 e. The average Bonchev–Trinajstić information content (AvgIpc) is 3.26. The molecule has 7 nitrogen and oxygen atoms in total. The molecule has 1 unspecified atom stereocenters. The Morgan fingerprint density at radius 3 is 2.41 bits per heavy atom. The highest BCUT2D eigenvalue weighted by molar-refractivity contribution is 7.10. The van der Waals surface area contributed by atoms with E-state index in [0.717, 1.165) is 24.1 Å². The second kappa shape index (κ2) is 8.61. The number of ether oxygens (including phenoxy) is 1. The molecular weight excluding hydrogens is 399 g/mol. The Hall–Kier alpha value is -3.59. The van der Waals surface area contributed by atoms with E-state index >= 15 is 0 Å². The minimum absolute atomic E-state index is 0.0664. The SMILES string of the molecule is COC(=O)c1cc(C(=O)NC(c2ccc(F)cc2)c2cccs2)cc([N+](=O)[O-])c1. The predicted octanol–water partition coefficient (Wildman–Crippen LogP) is 4.10. The van der Waals surface area contributed by atoms with Crippen molar-refractivity contribution >= 4 is 28.9 Å². The molecule has 1 heterocycles. The lowest BCUT2D eigenvalue weighted by Crippen LogP contribution is -2.29. The van der Waals surface area contributed by atoms with Gasteiger partial charge in [0.1, 0.15) is 5.82 Å². The van der Waals surface area contributed by atoms with Gasteiger partial charge in [0.2, 0.25) is 0 Å². The van der Waals surface area contributed by atoms with E-state index in [2.05, 4.69) is 10.1 Å². The van der Waals surface area contributed by atoms with Gasteiger partial charge in [0, 0.05) is 22.6 Å². The molecule has 0 fully saturated rings. The number of hydrogen-bond acceptors (Lipinski definition) is 6. The normalized spacial score (nSPS) is 11.5. The summed E-state index contributed by atoms with van der Waals surface area (Å²) in [4.78, 5) is 36.0. The van der Waals surface area contributed by atoms with Gasteiger partial charge < -0.3 is 10.1 Å². The van der Waals surface area contributed by atoms with Crippen LogP contribution in [-0.4, -0.2) is 23.9 Å². The van der Waals surface area contributed by atoms with E-state index in [1.165, 1.54) is 29.5 Å². The zero-order valence-corrected chi connectivity index (χ0v) is 15.9. The highest BCUT2D eigenvalue weighted by Crippen LogP contribution is 2.27. The van der Waals surface area contributed by atoms with Crippen LogP contribution in [0.25, 0.3) is 0 Å². The molecule has 3 aromatic rings. The number of carbonyl (C=O) groups excluding carboxylic acids is 2. The average molecular weight is 414 g/mol. The lowest BCUT2D eigenvalue weighted by atomic mass is 10.0. The summed E-state index contributed by atoms with van der Waals surface area (Å²) in [5.74, 6) is -1.83. The Labute approximate surface area is 168 Å². The predicted molar refractivity (Wildman–Crippen MR) is 104 cm³/mol. The Kier molecular flexibility index (Phi) is 5.99. The van der Waals surface area contributed by atoms with Crippen LogP contribution in [0.3, 0.4) is 0 Å². The van der Waals surface area contributed by atoms with Gasteiger partial charge in [0.25, 0.3) is 11.6 Å². The first kappa shape index (κ1) is 20.2. The maximum Gasteiger partial charge on any atom is 0.338 e. The molecule has 0 radical (unpaired) electrons. The maximum absolute atomic E-state index is 13.3. The number of carbonyl (C=O) groups is 2. The number of rotatable bonds is 6. The van der Waals surface area contributed by atoms with Crippen molar-refractivity contribution in [2.24, 2.45) is 0 Å². The number of thiophene rings is 1. The van der Waals surface area contributed by atoms with Crippen molar-refractivity contribution in [2.45, 2.75) is 6.04 Å². The summed E-state index contributed by atoms with van der Waals surface area (Å²) >= 11 is 1.40. The van der Waals surface area contributed by atoms with Crippen molar-refractivity contribution in [1.29, 1.82) is 0 Å². The number of hydrogen-bond donors (Lipinski definition) is 1. The molecule has 0 aliphatic rings. The number of methoxy groups -OCH3 is 1. The lowest BCUT2D eigenvalue weighted by Gasteiger charge is -2.18. The highest BCUT2D eigenvalue weighted by atomic mass is 32.1. The second-order valence-corrected chi connectivity index (χ2v) is 6.97. The molecular formula is C20H15FN2O5S. The number of esters is 1. The number of nitrogens with one attached hydrogen (secondary N) is 1. The van der Waals surface area contributed by atoms with Crippen LogP contribution in [0, 0.1) is 15.9 Å². The topological polar surface area (TPSA) is 98.5 Å². The third-order valence-corrected chi connectivity index (χ3v) is 5.06. The van der Waals surface area contributed by atoms with Gasteiger partial charge in [-0.3, -0.25) is 14.9 Å². The first-order valence-corrected chi connectivity index (χ1v) is 9.24. The first-order chi connectivity index (χ1) is 13.9. The zero-order valence-electron chi connectivity index (χ0n) is 15.1. The van der Waals surface area contributed by atoms with Gasteiger partial charge in [-0.1, -0.05) is 18.2 Å². The van der Waals surface area contributed by atoms with Crippen molar-refractivity contribution in [2.75, 3.05) is 7.11 Å². The number of halogens is 1. The summed E-state index contributed by atoms with van der Waals surface area (Å²) in [5.41, 5.74) is 0.0536. The van der Waals surface area contributed by atoms with Gasteiger partial charge in [0.05, 0.1) is 23.6 Å². The molecule has 1 N–H and O–H groups in total. The minimum atomic E-state index is -0.795. The largest absolute Gasteiger partial charge is 0.465 e. The molecule has 3 rings (SSSR count). The summed E-state index contributed by atoms with van der Waals surface area (Å²) in [6.07, 6.45) is 0. The summed E-state index contributed by atoms with van der Waals surface area (Å²) in [5, 5.41) is 15.8. The Bertz CT molecular complexity index is 1050. The van der Waals surface area contributed by atoms with Gasteiger partial charge >= 0.3 is 5.97 Å². The fraction of sp³-hybridized carbons (Fsp3) is 0.100. The molecule has 1 aromatic heterocycles. The number of nitro benzene ring substituents is 1. The third-order valence-electron chi connectivity index (χ3n) is 4.12. The van der Waals surface area contributed by atoms with Crippen molar-refractivity contribution < 1.29 is 23.6 Å². The van der Waals surface area contributed by atoms with Crippen LogP contribution in [0.2, 0.25) is 0 Å². The van der Waals surface area contributed by atoms with Crippen molar-refractivity contribution in [1.82, 2.24) is 5.32 Å². The monoisotopic (exact) mass is 414 g/mol. The first-order valence-electron chi connectivity index (χ1n) is 8.36. The number of nitro groups is 1. The molecule has 0 spiro atoms. The van der Waals surface area contributed by atoms with E-state index in [0.29, 0.717) is 5.56 Å². The van der Waals surface area contributed by atoms with Crippen LogP contribution in [0.1, 0.15) is 37.2 Å². The molecule has 0 aliphatic carbocycles. The fourth-order valence-electron chi connectivity index (χ4n) is 2.73. The van der Waals surface area contributed by atoms with Crippen LogP contribution < -0.4 is 5.32 Å². The summed E-state index contributed by atoms with van der Waals surface area (Å²) in [7, 11) is 1.14. The van der Waals surface area contributed by atoms with Crippen LogP contribution >= 0.6 is 11.3 Å². The standard InChI is InChI=1S/C20H15FN2O5S/c1-28-20(25)14-9-13(10-16(11-14)23(26)27)19(24)22-18(17-3-2-8-29-17)12-4-6-15(21)7-5-12/h2-11,18H,1H3,(H,22,24). The Morgan fingerprint density at radius 1 is 1.14 bits per heavy atom. The molecule has 0 saturated heterocycles. The molecule has 1 amide bonds. The summed E-state index contributed by atoms with van der Waals surface area (Å²) < 4.78 is 17.9. The molecule has 0 bridgehead atoms. The van der Waals surface area contributed by atoms with E-state index in [9.17, 15) is 24.1 Å². The van der Waals surface area contributed by atoms with E-state index in [-0.39, 0.29) is 11.1 Å². The van der Waals surface area contributed by atoms with Gasteiger partial charge in [-0.25, -0.2) is 9.18 Å². The molecule has 2 aromatic carbocycles. The fourth-order valence-corrected chi connectivity index (χ4v) is 3.53. The van der Waals surface area contributed by atoms with Crippen LogP contribution in [0.15, 0.2) is 60.0 Å². The molecule has 29 heavy (non-hydrogen) atoms. The van der Waals surface area contributed by atoms with E-state index in [1.807, 2.05) is 17.5 Å². The van der Waals surface area contributed by atoms with Crippen molar-refractivity contribution in [3.63, 3.8) is 0 Å². The molecule has 1 atom stereocenters. The van der Waals surface area contributed by atoms with E-state index in [4.69, 9.17) is 0 Å². The van der Waals surface area contributed by atoms with E-state index < -0.39 is 34.3 Å². The third kappa shape index (κ3) is 4.64. The van der Waals surface area contributed by atoms with Gasteiger partial charge in [0.15, 0.2) is 0 Å². The Morgan fingerprint density at radius 2 is 1.83 bits per heavy atom. The molecule has 9 heteroatoms. The number of benzene rings is 2. The molecule has 148 valence electrons. The number of amides is 1. The van der Waals surface area contributed by atoms with Crippen LogP contribution in [0.5, 0.6) is 0 Å². The zero-order chi connectivity index (χ0) is 21.0. The van der Waals surface area contributed by atoms with E-state index in [1.54, 1.807) is 12.1 Å². The van der Waals surface area contributed by atoms with Gasteiger partial charge in [-0.2, -0.15) is 0 Å². The highest BCUT2D eigenvalue weighted by Gasteiger charge is 2.22. The molecule has 0 saturated carbocycles. The summed E-state index contributed by atoms with van der Waals surface area (Å²) in [6.45, 7) is 0. The van der Waals surface area contributed by atoms with Gasteiger partial charge in [-0.05, 0) is 35.2 Å². The van der Waals surface area contributed by atoms with Crippen LogP contribution in [0.4, 0.5) is 10.1 Å². The Balaban J connectivity index is 1.97.